The van der Waals surface area contributed by atoms with Gasteiger partial charge in [-0.2, -0.15) is 26.3 Å². The Hall–Kier alpha value is -4.16. The summed E-state index contributed by atoms with van der Waals surface area (Å²) in [6.07, 6.45) is -8.68. The Balaban J connectivity index is 1.79. The maximum atomic E-state index is 14.4. The summed E-state index contributed by atoms with van der Waals surface area (Å²) in [5, 5.41) is 0. The molecular weight excluding hydrogens is 606 g/mol. The molecule has 0 fully saturated rings. The lowest BCUT2D eigenvalue weighted by molar-refractivity contribution is -0.278. The predicted molar refractivity (Wildman–Crippen MR) is 152 cm³/mol. The molecule has 3 aromatic rings. The third-order valence-electron chi connectivity index (χ3n) is 7.03. The lowest BCUT2D eigenvalue weighted by Gasteiger charge is -2.33. The molecule has 0 aliphatic heterocycles. The maximum Gasteiger partial charge on any atom is 0.432 e. The Labute approximate surface area is 256 Å². The third kappa shape index (κ3) is 7.93. The highest BCUT2D eigenvalue weighted by molar-refractivity contribution is 5.83. The van der Waals surface area contributed by atoms with E-state index in [1.807, 2.05) is 0 Å². The first-order valence-electron chi connectivity index (χ1n) is 13.8. The van der Waals surface area contributed by atoms with Crippen molar-refractivity contribution in [2.75, 3.05) is 20.8 Å². The van der Waals surface area contributed by atoms with Crippen LogP contribution in [0.15, 0.2) is 103 Å². The van der Waals surface area contributed by atoms with Gasteiger partial charge in [0.05, 0.1) is 6.61 Å². The Bertz CT molecular complexity index is 1400. The second-order valence-corrected chi connectivity index (χ2v) is 9.82. The van der Waals surface area contributed by atoms with Crippen molar-refractivity contribution in [2.45, 2.75) is 48.9 Å². The normalized spacial score (nSPS) is 15.6. The number of rotatable bonds is 14. The number of aryl methyl sites for hydroxylation is 1. The largest absolute Gasteiger partial charge is 0.463 e. The average molecular weight is 639 g/mol. The summed E-state index contributed by atoms with van der Waals surface area (Å²) in [7, 11) is 1.49. The van der Waals surface area contributed by atoms with Crippen LogP contribution in [0.1, 0.15) is 29.5 Å². The van der Waals surface area contributed by atoms with Gasteiger partial charge in [-0.1, -0.05) is 97.1 Å². The zero-order chi connectivity index (χ0) is 33.1. The van der Waals surface area contributed by atoms with Gasteiger partial charge >= 0.3 is 24.3 Å². The molecule has 0 aliphatic carbocycles. The summed E-state index contributed by atoms with van der Waals surface area (Å²) >= 11 is 0. The summed E-state index contributed by atoms with van der Waals surface area (Å²) < 4.78 is 105. The predicted octanol–water partition coefficient (Wildman–Crippen LogP) is 7.23. The quantitative estimate of drug-likeness (QED) is 0.0804. The molecule has 0 unspecified atom stereocenters. The molecule has 0 N–H and O–H groups in total. The number of carbonyl (C=O) groups is 2. The highest BCUT2D eigenvalue weighted by Gasteiger charge is 2.65. The summed E-state index contributed by atoms with van der Waals surface area (Å²) in [5.74, 6) is -3.39. The number of carbonyl (C=O) groups excluding carboxylic acids is 2. The van der Waals surface area contributed by atoms with Gasteiger partial charge in [0.2, 0.25) is 0 Å². The van der Waals surface area contributed by atoms with Gasteiger partial charge in [-0.3, -0.25) is 0 Å². The highest BCUT2D eigenvalue weighted by atomic mass is 19.4. The molecular formula is C33H32F6O6. The van der Waals surface area contributed by atoms with Gasteiger partial charge in [0.15, 0.2) is 0 Å². The Kier molecular flexibility index (Phi) is 11.9. The van der Waals surface area contributed by atoms with Crippen LogP contribution in [0.3, 0.4) is 0 Å². The lowest BCUT2D eigenvalue weighted by Crippen LogP contribution is -2.52. The molecule has 0 aliphatic rings. The molecule has 0 radical (unpaired) electrons. The van der Waals surface area contributed by atoms with E-state index in [2.05, 4.69) is 0 Å². The number of halogens is 6. The number of esters is 2. The third-order valence-corrected chi connectivity index (χ3v) is 7.03. The Morgan fingerprint density at radius 3 is 1.58 bits per heavy atom. The standard InChI is InChI=1S/C33H32F6O6/c1-42-30(32(34,35)36,25-16-8-4-9-17-25)28(40)44-23-13-12-20-27(22-21-24-14-6-3-7-15-24)45-29(41)31(43-2,33(37,38)39)26-18-10-5-11-19-26/h3-12,14-20,27H,13,21-23H2,1-2H3/b20-12+/t27-,30+,31+/m1/s1. The molecule has 3 rings (SSSR count). The van der Waals surface area contributed by atoms with Crippen LogP contribution in [0.2, 0.25) is 0 Å². The summed E-state index contributed by atoms with van der Waals surface area (Å²) in [5.41, 5.74) is -6.92. The second-order valence-electron chi connectivity index (χ2n) is 9.82. The molecule has 0 aromatic heterocycles. The van der Waals surface area contributed by atoms with E-state index in [4.69, 9.17) is 18.9 Å². The first-order chi connectivity index (χ1) is 21.3. The van der Waals surface area contributed by atoms with Gasteiger partial charge in [-0.05, 0) is 30.9 Å². The van der Waals surface area contributed by atoms with E-state index >= 15 is 0 Å². The number of alkyl halides is 6. The number of ether oxygens (including phenoxy) is 4. The molecule has 3 atom stereocenters. The van der Waals surface area contributed by atoms with Crippen molar-refractivity contribution < 1.29 is 54.9 Å². The minimum Gasteiger partial charge on any atom is -0.463 e. The van der Waals surface area contributed by atoms with Crippen LogP contribution in [0.25, 0.3) is 0 Å². The number of hydrogen-bond donors (Lipinski definition) is 0. The van der Waals surface area contributed by atoms with Crippen molar-refractivity contribution in [3.63, 3.8) is 0 Å². The second kappa shape index (κ2) is 15.2. The van der Waals surface area contributed by atoms with E-state index in [1.165, 1.54) is 48.6 Å². The summed E-state index contributed by atoms with van der Waals surface area (Å²) in [6.45, 7) is -0.530. The molecule has 0 bridgehead atoms. The zero-order valence-electron chi connectivity index (χ0n) is 24.4. The minimum atomic E-state index is -5.19. The molecule has 0 saturated carbocycles. The SMILES string of the molecule is CO[C@](C(=O)OCC/C=C/[C@H](CCc1ccccc1)OC(=O)[C@@](OC)(c1ccccc1)C(F)(F)F)(c1ccccc1)C(F)(F)F. The van der Waals surface area contributed by atoms with E-state index in [-0.39, 0.29) is 12.8 Å². The number of hydrogen-bond acceptors (Lipinski definition) is 6. The number of benzene rings is 3. The van der Waals surface area contributed by atoms with Crippen LogP contribution in [0.4, 0.5) is 26.3 Å². The van der Waals surface area contributed by atoms with Crippen LogP contribution < -0.4 is 0 Å². The highest BCUT2D eigenvalue weighted by Crippen LogP contribution is 2.44. The fourth-order valence-electron chi connectivity index (χ4n) is 4.71. The molecule has 3 aromatic carbocycles. The van der Waals surface area contributed by atoms with Gasteiger partial charge in [0, 0.05) is 25.3 Å². The van der Waals surface area contributed by atoms with E-state index in [9.17, 15) is 35.9 Å². The Morgan fingerprint density at radius 1 is 0.689 bits per heavy atom. The average Bonchev–Trinajstić information content (AvgIpc) is 3.01. The monoisotopic (exact) mass is 638 g/mol. The van der Waals surface area contributed by atoms with Crippen molar-refractivity contribution in [1.29, 1.82) is 0 Å². The van der Waals surface area contributed by atoms with Crippen molar-refractivity contribution in [2.24, 2.45) is 0 Å². The topological polar surface area (TPSA) is 71.1 Å². The molecule has 45 heavy (non-hydrogen) atoms. The van der Waals surface area contributed by atoms with Crippen molar-refractivity contribution in [3.05, 3.63) is 120 Å². The molecule has 0 saturated heterocycles. The van der Waals surface area contributed by atoms with E-state index in [1.54, 1.807) is 30.3 Å². The van der Waals surface area contributed by atoms with Crippen LogP contribution in [0.5, 0.6) is 0 Å². The van der Waals surface area contributed by atoms with Gasteiger partial charge in [0.25, 0.3) is 11.2 Å². The molecule has 0 heterocycles. The Morgan fingerprint density at radius 2 is 1.13 bits per heavy atom. The van der Waals surface area contributed by atoms with E-state index in [0.717, 1.165) is 44.0 Å². The van der Waals surface area contributed by atoms with E-state index < -0.39 is 59.3 Å². The lowest BCUT2D eigenvalue weighted by atomic mass is 9.92. The number of methoxy groups -OCH3 is 2. The first-order valence-corrected chi connectivity index (χ1v) is 13.8. The fourth-order valence-corrected chi connectivity index (χ4v) is 4.71. The van der Waals surface area contributed by atoms with Crippen LogP contribution in [-0.2, 0) is 46.2 Å². The summed E-state index contributed by atoms with van der Waals surface area (Å²) in [6, 6.07) is 21.5. The molecule has 6 nitrogen and oxygen atoms in total. The van der Waals surface area contributed by atoms with Crippen molar-refractivity contribution in [3.8, 4) is 0 Å². The molecule has 0 amide bonds. The van der Waals surface area contributed by atoms with Gasteiger partial charge < -0.3 is 18.9 Å². The van der Waals surface area contributed by atoms with Gasteiger partial charge in [0.1, 0.15) is 6.10 Å². The fraction of sp³-hybridized carbons (Fsp3) is 0.333. The molecule has 12 heteroatoms. The maximum absolute atomic E-state index is 14.4. The smallest absolute Gasteiger partial charge is 0.432 e. The first kappa shape index (κ1) is 35.3. The van der Waals surface area contributed by atoms with Gasteiger partial charge in [-0.25, -0.2) is 9.59 Å². The van der Waals surface area contributed by atoms with E-state index in [0.29, 0.717) is 6.42 Å². The summed E-state index contributed by atoms with van der Waals surface area (Å²) in [4.78, 5) is 26.0. The molecule has 0 spiro atoms. The van der Waals surface area contributed by atoms with Crippen LogP contribution in [0, 0.1) is 0 Å². The molecule has 242 valence electrons. The van der Waals surface area contributed by atoms with Crippen LogP contribution >= 0.6 is 0 Å². The van der Waals surface area contributed by atoms with Crippen LogP contribution in [-0.4, -0.2) is 51.2 Å². The van der Waals surface area contributed by atoms with Gasteiger partial charge in [-0.15, -0.1) is 0 Å². The minimum absolute atomic E-state index is 0.0628. The van der Waals surface area contributed by atoms with Crippen molar-refractivity contribution in [1.82, 2.24) is 0 Å². The zero-order valence-corrected chi connectivity index (χ0v) is 24.4. The van der Waals surface area contributed by atoms with Crippen molar-refractivity contribution >= 4 is 11.9 Å².